The predicted molar refractivity (Wildman–Crippen MR) is 57.7 cm³/mol. The fourth-order valence-corrected chi connectivity index (χ4v) is 1.48. The third-order valence-electron chi connectivity index (χ3n) is 2.14. The van der Waals surface area contributed by atoms with Crippen molar-refractivity contribution >= 4 is 11.8 Å². The zero-order chi connectivity index (χ0) is 10.8. The zero-order valence-electron chi connectivity index (χ0n) is 7.92. The minimum Gasteiger partial charge on any atom is -0.464 e. The lowest BCUT2D eigenvalue weighted by molar-refractivity contribution is 0.197. The normalized spacial score (nSPS) is 10.1. The van der Waals surface area contributed by atoms with Crippen LogP contribution in [0.4, 0.5) is 10.5 Å². The van der Waals surface area contributed by atoms with Crippen LogP contribution in [-0.2, 0) is 0 Å². The molecule has 0 aliphatic heterocycles. The van der Waals surface area contributed by atoms with Crippen LogP contribution in [0.5, 0.6) is 0 Å². The highest BCUT2D eigenvalue weighted by Crippen LogP contribution is 2.21. The predicted octanol–water partition coefficient (Wildman–Crippen LogP) is 2.26. The van der Waals surface area contributed by atoms with Gasteiger partial charge in [-0.3, -0.25) is 4.57 Å². The third kappa shape index (κ3) is 1.69. The van der Waals surface area contributed by atoms with Crippen LogP contribution in [-0.4, -0.2) is 15.8 Å². The Balaban J connectivity index is 2.54. The molecule has 4 nitrogen and oxygen atoms in total. The Labute approximate surface area is 86.6 Å². The molecule has 0 aliphatic carbocycles. The zero-order valence-corrected chi connectivity index (χ0v) is 7.92. The smallest absolute Gasteiger partial charge is 0.415 e. The molecule has 76 valence electrons. The van der Waals surface area contributed by atoms with Gasteiger partial charge in [0, 0.05) is 17.4 Å². The van der Waals surface area contributed by atoms with E-state index >= 15 is 0 Å². The molecule has 0 bridgehead atoms. The molecule has 0 saturated carbocycles. The molecule has 1 aromatic heterocycles. The summed E-state index contributed by atoms with van der Waals surface area (Å²) in [5.41, 5.74) is 7.66. The van der Waals surface area contributed by atoms with Gasteiger partial charge in [0.05, 0.1) is 5.69 Å². The summed E-state index contributed by atoms with van der Waals surface area (Å²) in [5, 5.41) is 8.92. The number of nitrogen functional groups attached to an aromatic ring is 1. The van der Waals surface area contributed by atoms with E-state index in [4.69, 9.17) is 10.8 Å². The van der Waals surface area contributed by atoms with E-state index in [9.17, 15) is 4.79 Å². The van der Waals surface area contributed by atoms with Gasteiger partial charge in [-0.15, -0.1) is 0 Å². The molecule has 0 aliphatic rings. The van der Waals surface area contributed by atoms with Crippen LogP contribution in [0, 0.1) is 0 Å². The van der Waals surface area contributed by atoms with Gasteiger partial charge in [0.2, 0.25) is 0 Å². The molecule has 0 radical (unpaired) electrons. The van der Waals surface area contributed by atoms with Gasteiger partial charge in [-0.25, -0.2) is 4.79 Å². The Morgan fingerprint density at radius 2 is 2.07 bits per heavy atom. The maximum atomic E-state index is 10.9. The van der Waals surface area contributed by atoms with Crippen molar-refractivity contribution in [3.8, 4) is 11.3 Å². The van der Waals surface area contributed by atoms with Crippen LogP contribution in [0.15, 0.2) is 42.6 Å². The van der Waals surface area contributed by atoms with Crippen LogP contribution < -0.4 is 5.73 Å². The summed E-state index contributed by atoms with van der Waals surface area (Å²) in [6, 6.07) is 10.6. The van der Waals surface area contributed by atoms with E-state index in [0.717, 1.165) is 10.1 Å². The van der Waals surface area contributed by atoms with Gasteiger partial charge in [0.1, 0.15) is 0 Å². The third-order valence-corrected chi connectivity index (χ3v) is 2.14. The van der Waals surface area contributed by atoms with E-state index in [0.29, 0.717) is 11.4 Å². The molecule has 3 N–H and O–H groups in total. The largest absolute Gasteiger partial charge is 0.464 e. The Kier molecular flexibility index (Phi) is 2.17. The number of carbonyl (C=O) groups is 1. The lowest BCUT2D eigenvalue weighted by Crippen LogP contribution is -2.07. The van der Waals surface area contributed by atoms with Gasteiger partial charge in [-0.2, -0.15) is 0 Å². The highest BCUT2D eigenvalue weighted by molar-refractivity contribution is 5.77. The second-order valence-electron chi connectivity index (χ2n) is 3.17. The van der Waals surface area contributed by atoms with E-state index in [-0.39, 0.29) is 0 Å². The maximum Gasteiger partial charge on any atom is 0.415 e. The van der Waals surface area contributed by atoms with Crippen LogP contribution in [0.25, 0.3) is 11.3 Å². The van der Waals surface area contributed by atoms with Gasteiger partial charge in [-0.1, -0.05) is 12.1 Å². The number of hydrogen-bond acceptors (Lipinski definition) is 2. The van der Waals surface area contributed by atoms with Crippen LogP contribution >= 0.6 is 0 Å². The molecule has 0 fully saturated rings. The van der Waals surface area contributed by atoms with Crippen LogP contribution in [0.2, 0.25) is 0 Å². The van der Waals surface area contributed by atoms with Crippen LogP contribution in [0.1, 0.15) is 0 Å². The summed E-state index contributed by atoms with van der Waals surface area (Å²) in [6.45, 7) is 0. The number of carboxylic acid groups (broad SMARTS) is 1. The summed E-state index contributed by atoms with van der Waals surface area (Å²) < 4.78 is 1.16. The summed E-state index contributed by atoms with van der Waals surface area (Å²) in [7, 11) is 0. The summed E-state index contributed by atoms with van der Waals surface area (Å²) in [4.78, 5) is 10.9. The number of aromatic nitrogens is 1. The first-order valence-electron chi connectivity index (χ1n) is 4.45. The molecule has 0 spiro atoms. The summed E-state index contributed by atoms with van der Waals surface area (Å²) in [6.07, 6.45) is 0.498. The highest BCUT2D eigenvalue weighted by atomic mass is 16.4. The minimum absolute atomic E-state index is 0.616. The molecular weight excluding hydrogens is 192 g/mol. The number of nitrogens with zero attached hydrogens (tertiary/aromatic N) is 1. The Hall–Kier alpha value is -2.23. The first kappa shape index (κ1) is 9.33. The lowest BCUT2D eigenvalue weighted by Gasteiger charge is -2.04. The van der Waals surface area contributed by atoms with Gasteiger partial charge in [-0.05, 0) is 24.3 Å². The van der Waals surface area contributed by atoms with E-state index in [1.807, 2.05) is 6.07 Å². The van der Waals surface area contributed by atoms with Crippen molar-refractivity contribution in [2.24, 2.45) is 0 Å². The van der Waals surface area contributed by atoms with Crippen LogP contribution in [0.3, 0.4) is 0 Å². The van der Waals surface area contributed by atoms with E-state index in [1.165, 1.54) is 6.20 Å². The van der Waals surface area contributed by atoms with Gasteiger partial charge in [0.15, 0.2) is 0 Å². The van der Waals surface area contributed by atoms with Gasteiger partial charge >= 0.3 is 6.09 Å². The number of nitrogens with two attached hydrogens (primary N) is 1. The maximum absolute atomic E-state index is 10.9. The van der Waals surface area contributed by atoms with Gasteiger partial charge in [0.25, 0.3) is 0 Å². The summed E-state index contributed by atoms with van der Waals surface area (Å²) >= 11 is 0. The average molecular weight is 202 g/mol. The summed E-state index contributed by atoms with van der Waals surface area (Å²) in [5.74, 6) is 0. The minimum atomic E-state index is -1.00. The highest BCUT2D eigenvalue weighted by Gasteiger charge is 2.08. The first-order chi connectivity index (χ1) is 7.18. The second-order valence-corrected chi connectivity index (χ2v) is 3.17. The molecule has 15 heavy (non-hydrogen) atoms. The molecule has 0 unspecified atom stereocenters. The standard InChI is InChI=1S/C11H10N2O2/c12-9-4-1-3-8(7-9)10-5-2-6-13(10)11(14)15/h1-7H,12H2,(H,14,15). The fourth-order valence-electron chi connectivity index (χ4n) is 1.48. The monoisotopic (exact) mass is 202 g/mol. The van der Waals surface area contributed by atoms with Gasteiger partial charge < -0.3 is 10.8 Å². The van der Waals surface area contributed by atoms with Crippen molar-refractivity contribution in [2.45, 2.75) is 0 Å². The van der Waals surface area contributed by atoms with Crippen molar-refractivity contribution < 1.29 is 9.90 Å². The SMILES string of the molecule is Nc1cccc(-c2cccn2C(=O)O)c1. The number of benzene rings is 1. The second kappa shape index (κ2) is 3.49. The molecule has 2 aromatic rings. The molecule has 0 saturated heterocycles. The quantitative estimate of drug-likeness (QED) is 0.697. The lowest BCUT2D eigenvalue weighted by atomic mass is 10.1. The molecule has 0 atom stereocenters. The number of hydrogen-bond donors (Lipinski definition) is 2. The van der Waals surface area contributed by atoms with Crippen molar-refractivity contribution in [1.82, 2.24) is 4.57 Å². The molecule has 2 rings (SSSR count). The topological polar surface area (TPSA) is 68.2 Å². The molecule has 1 heterocycles. The van der Waals surface area contributed by atoms with Crippen molar-refractivity contribution in [3.05, 3.63) is 42.6 Å². The Morgan fingerprint density at radius 1 is 1.27 bits per heavy atom. The van der Waals surface area contributed by atoms with E-state index in [2.05, 4.69) is 0 Å². The van der Waals surface area contributed by atoms with Crippen molar-refractivity contribution in [3.63, 3.8) is 0 Å². The number of rotatable bonds is 1. The fraction of sp³-hybridized carbons (Fsp3) is 0. The Morgan fingerprint density at radius 3 is 2.73 bits per heavy atom. The van der Waals surface area contributed by atoms with Crippen molar-refractivity contribution in [1.29, 1.82) is 0 Å². The number of anilines is 1. The van der Waals surface area contributed by atoms with E-state index in [1.54, 1.807) is 30.3 Å². The molecule has 1 aromatic carbocycles. The van der Waals surface area contributed by atoms with E-state index < -0.39 is 6.09 Å². The molecule has 4 heteroatoms. The molecule has 0 amide bonds. The first-order valence-corrected chi connectivity index (χ1v) is 4.45. The average Bonchev–Trinajstić information content (AvgIpc) is 2.65. The Bertz CT molecular complexity index is 503. The molecular formula is C11H10N2O2. The van der Waals surface area contributed by atoms with Crippen molar-refractivity contribution in [2.75, 3.05) is 5.73 Å².